The van der Waals surface area contributed by atoms with Crippen molar-refractivity contribution in [1.29, 1.82) is 0 Å². The fourth-order valence-corrected chi connectivity index (χ4v) is 6.02. The zero-order chi connectivity index (χ0) is 15.4. The second-order valence-electron chi connectivity index (χ2n) is 8.81. The molecule has 0 aromatic carbocycles. The van der Waals surface area contributed by atoms with E-state index in [1.54, 1.807) is 0 Å². The van der Waals surface area contributed by atoms with Crippen LogP contribution in [0.5, 0.6) is 0 Å². The van der Waals surface area contributed by atoms with E-state index in [0.29, 0.717) is 0 Å². The van der Waals surface area contributed by atoms with Crippen LogP contribution < -0.4 is 0 Å². The maximum absolute atomic E-state index is 9.70. The zero-order valence-corrected chi connectivity index (χ0v) is 14.8. The summed E-state index contributed by atoms with van der Waals surface area (Å²) >= 11 is 0. The quantitative estimate of drug-likeness (QED) is 0.680. The van der Waals surface area contributed by atoms with Gasteiger partial charge in [-0.2, -0.15) is 0 Å². The first-order valence-corrected chi connectivity index (χ1v) is 10.4. The van der Waals surface area contributed by atoms with Crippen LogP contribution in [-0.4, -0.2) is 11.2 Å². The topological polar surface area (TPSA) is 20.2 Å². The molecule has 0 bridgehead atoms. The maximum atomic E-state index is 9.70. The first-order valence-electron chi connectivity index (χ1n) is 10.4. The summed E-state index contributed by atoms with van der Waals surface area (Å²) in [4.78, 5) is 0. The summed E-state index contributed by atoms with van der Waals surface area (Å²) < 4.78 is 0. The lowest BCUT2D eigenvalue weighted by molar-refractivity contribution is 0.0666. The molecule has 1 heteroatoms. The summed E-state index contributed by atoms with van der Waals surface area (Å²) in [6.07, 6.45) is 19.8. The highest BCUT2D eigenvalue weighted by atomic mass is 16.3. The first kappa shape index (κ1) is 16.8. The Morgan fingerprint density at radius 1 is 0.591 bits per heavy atom. The maximum Gasteiger partial charge on any atom is 0.0540 e. The molecular formula is C21H38O. The van der Waals surface area contributed by atoms with Gasteiger partial charge in [-0.25, -0.2) is 0 Å². The third-order valence-electron chi connectivity index (χ3n) is 7.48. The Balaban J connectivity index is 1.39. The molecule has 22 heavy (non-hydrogen) atoms. The van der Waals surface area contributed by atoms with E-state index in [2.05, 4.69) is 6.92 Å². The van der Waals surface area contributed by atoms with E-state index in [9.17, 15) is 5.11 Å². The fourth-order valence-electron chi connectivity index (χ4n) is 6.02. The summed E-state index contributed by atoms with van der Waals surface area (Å²) in [5.41, 5.74) is 0. The monoisotopic (exact) mass is 306 g/mol. The van der Waals surface area contributed by atoms with E-state index in [0.717, 1.165) is 42.4 Å². The minimum atomic E-state index is 0.0193. The second-order valence-corrected chi connectivity index (χ2v) is 8.81. The van der Waals surface area contributed by atoms with Gasteiger partial charge >= 0.3 is 0 Å². The minimum Gasteiger partial charge on any atom is -0.393 e. The van der Waals surface area contributed by atoms with Gasteiger partial charge in [0.05, 0.1) is 6.10 Å². The highest BCUT2D eigenvalue weighted by molar-refractivity contribution is 4.85. The van der Waals surface area contributed by atoms with Gasteiger partial charge in [0.1, 0.15) is 0 Å². The Labute approximate surface area is 138 Å². The van der Waals surface area contributed by atoms with Crippen LogP contribution in [0.2, 0.25) is 0 Å². The van der Waals surface area contributed by atoms with Crippen LogP contribution in [0.4, 0.5) is 0 Å². The summed E-state index contributed by atoms with van der Waals surface area (Å²) in [6.45, 7) is 2.34. The van der Waals surface area contributed by atoms with Gasteiger partial charge in [-0.1, -0.05) is 32.6 Å². The highest BCUT2D eigenvalue weighted by Crippen LogP contribution is 2.45. The lowest BCUT2D eigenvalue weighted by Gasteiger charge is -2.41. The highest BCUT2D eigenvalue weighted by Gasteiger charge is 2.34. The van der Waals surface area contributed by atoms with Crippen LogP contribution in [0.25, 0.3) is 0 Å². The summed E-state index contributed by atoms with van der Waals surface area (Å²) in [6, 6.07) is 0. The van der Waals surface area contributed by atoms with Gasteiger partial charge in [0.2, 0.25) is 0 Å². The van der Waals surface area contributed by atoms with Crippen LogP contribution in [0, 0.1) is 29.6 Å². The molecule has 0 aliphatic heterocycles. The molecule has 3 saturated carbocycles. The predicted molar refractivity (Wildman–Crippen MR) is 93.8 cm³/mol. The van der Waals surface area contributed by atoms with Gasteiger partial charge in [0, 0.05) is 0 Å². The Morgan fingerprint density at radius 3 is 1.36 bits per heavy atom. The molecule has 0 radical (unpaired) electrons. The van der Waals surface area contributed by atoms with Crippen molar-refractivity contribution in [2.24, 2.45) is 29.6 Å². The number of aliphatic hydroxyl groups excluding tert-OH is 1. The van der Waals surface area contributed by atoms with Crippen molar-refractivity contribution in [2.45, 2.75) is 103 Å². The van der Waals surface area contributed by atoms with Gasteiger partial charge in [-0.3, -0.25) is 0 Å². The van der Waals surface area contributed by atoms with Crippen LogP contribution in [0.3, 0.4) is 0 Å². The average Bonchev–Trinajstić information content (AvgIpc) is 2.57. The van der Waals surface area contributed by atoms with Crippen molar-refractivity contribution in [1.82, 2.24) is 0 Å². The number of rotatable bonds is 4. The van der Waals surface area contributed by atoms with E-state index in [1.165, 1.54) is 77.0 Å². The van der Waals surface area contributed by atoms with E-state index in [-0.39, 0.29) is 6.10 Å². The Morgan fingerprint density at radius 2 is 0.955 bits per heavy atom. The van der Waals surface area contributed by atoms with Crippen molar-refractivity contribution in [3.63, 3.8) is 0 Å². The van der Waals surface area contributed by atoms with E-state index < -0.39 is 0 Å². The van der Waals surface area contributed by atoms with Crippen LogP contribution in [0.15, 0.2) is 0 Å². The molecule has 3 aliphatic carbocycles. The smallest absolute Gasteiger partial charge is 0.0540 e. The third kappa shape index (κ3) is 4.28. The minimum absolute atomic E-state index is 0.0193. The molecular weight excluding hydrogens is 268 g/mol. The number of aliphatic hydroxyl groups is 1. The van der Waals surface area contributed by atoms with Crippen LogP contribution in [0.1, 0.15) is 96.8 Å². The second kappa shape index (κ2) is 8.18. The molecule has 0 aromatic heterocycles. The molecule has 3 aliphatic rings. The lowest BCUT2D eigenvalue weighted by Crippen LogP contribution is -2.30. The van der Waals surface area contributed by atoms with Crippen molar-refractivity contribution in [2.75, 3.05) is 0 Å². The molecule has 0 spiro atoms. The largest absolute Gasteiger partial charge is 0.393 e. The molecule has 0 unspecified atom stereocenters. The Kier molecular flexibility index (Phi) is 6.24. The van der Waals surface area contributed by atoms with Crippen molar-refractivity contribution >= 4 is 0 Å². The van der Waals surface area contributed by atoms with Gasteiger partial charge in [-0.05, 0) is 93.8 Å². The van der Waals surface area contributed by atoms with Gasteiger partial charge in [-0.15, -0.1) is 0 Å². The SMILES string of the molecule is CCC[C@H]1CC[C@H](C2CCC(C3CCC(O)CC3)CC2)CC1. The number of hydrogen-bond donors (Lipinski definition) is 1. The molecule has 0 aromatic rings. The molecule has 0 heterocycles. The zero-order valence-electron chi connectivity index (χ0n) is 14.8. The van der Waals surface area contributed by atoms with E-state index >= 15 is 0 Å². The molecule has 0 saturated heterocycles. The molecule has 128 valence electrons. The molecule has 1 N–H and O–H groups in total. The first-order chi connectivity index (χ1) is 10.8. The molecule has 1 nitrogen and oxygen atoms in total. The Bertz CT molecular complexity index is 302. The van der Waals surface area contributed by atoms with E-state index in [1.807, 2.05) is 0 Å². The van der Waals surface area contributed by atoms with Gasteiger partial charge in [0.15, 0.2) is 0 Å². The van der Waals surface area contributed by atoms with E-state index in [4.69, 9.17) is 0 Å². The molecule has 0 amide bonds. The predicted octanol–water partition coefficient (Wildman–Crippen LogP) is 5.95. The molecule has 3 fully saturated rings. The van der Waals surface area contributed by atoms with Crippen LogP contribution >= 0.6 is 0 Å². The van der Waals surface area contributed by atoms with Crippen molar-refractivity contribution in [3.05, 3.63) is 0 Å². The fraction of sp³-hybridized carbons (Fsp3) is 1.00. The number of hydrogen-bond acceptors (Lipinski definition) is 1. The molecule has 0 atom stereocenters. The molecule has 3 rings (SSSR count). The van der Waals surface area contributed by atoms with Gasteiger partial charge < -0.3 is 5.11 Å². The van der Waals surface area contributed by atoms with Crippen molar-refractivity contribution in [3.8, 4) is 0 Å². The summed E-state index contributed by atoms with van der Waals surface area (Å²) in [5, 5.41) is 9.70. The summed E-state index contributed by atoms with van der Waals surface area (Å²) in [5.74, 6) is 5.14. The third-order valence-corrected chi connectivity index (χ3v) is 7.48. The lowest BCUT2D eigenvalue weighted by atomic mass is 9.65. The average molecular weight is 307 g/mol. The summed E-state index contributed by atoms with van der Waals surface area (Å²) in [7, 11) is 0. The standard InChI is InChI=1S/C21H38O/c1-2-3-16-4-6-17(7-5-16)18-8-10-19(11-9-18)20-12-14-21(22)15-13-20/h16-22H,2-15H2,1H3/t16-,17-,18?,19?,20?,21?. The Hall–Kier alpha value is -0.0400. The normalized spacial score (nSPS) is 43.9. The van der Waals surface area contributed by atoms with Crippen LogP contribution in [-0.2, 0) is 0 Å². The van der Waals surface area contributed by atoms with Gasteiger partial charge in [0.25, 0.3) is 0 Å². The van der Waals surface area contributed by atoms with Crippen molar-refractivity contribution < 1.29 is 5.11 Å².